The van der Waals surface area contributed by atoms with Gasteiger partial charge in [0.2, 0.25) is 0 Å². The van der Waals surface area contributed by atoms with E-state index in [0.717, 1.165) is 18.0 Å². The molecule has 15 heavy (non-hydrogen) atoms. The number of Topliss-reactive ketones (excluding diaryl/α,β-unsaturated/α-hetero) is 1. The summed E-state index contributed by atoms with van der Waals surface area (Å²) in [5, 5.41) is 0. The van der Waals surface area contributed by atoms with Crippen molar-refractivity contribution < 1.29 is 9.53 Å². The Bertz CT molecular complexity index is 390. The van der Waals surface area contributed by atoms with E-state index in [9.17, 15) is 4.79 Å². The number of hydrogen-bond donors (Lipinski definition) is 1. The second-order valence-corrected chi connectivity index (χ2v) is 3.58. The highest BCUT2D eigenvalue weighted by Crippen LogP contribution is 2.31. The molecule has 0 radical (unpaired) electrons. The molecule has 1 heterocycles. The van der Waals surface area contributed by atoms with Gasteiger partial charge in [0.15, 0.2) is 5.78 Å². The van der Waals surface area contributed by atoms with Gasteiger partial charge in [-0.05, 0) is 18.2 Å². The third kappa shape index (κ3) is 1.80. The Kier molecular flexibility index (Phi) is 2.60. The topological polar surface area (TPSA) is 55.6 Å². The summed E-state index contributed by atoms with van der Waals surface area (Å²) in [6.07, 6.45) is 0. The number of benzene rings is 1. The molecule has 1 aromatic rings. The van der Waals surface area contributed by atoms with Crippen LogP contribution in [-0.4, -0.2) is 32.5 Å². The lowest BCUT2D eigenvalue weighted by Crippen LogP contribution is -2.29. The van der Waals surface area contributed by atoms with Crippen molar-refractivity contribution in [3.63, 3.8) is 0 Å². The van der Waals surface area contributed by atoms with Gasteiger partial charge in [0.05, 0.1) is 18.8 Å². The van der Waals surface area contributed by atoms with E-state index in [0.29, 0.717) is 12.2 Å². The third-order valence-electron chi connectivity index (χ3n) is 2.56. The van der Waals surface area contributed by atoms with E-state index in [2.05, 4.69) is 4.90 Å². The minimum absolute atomic E-state index is 0.0447. The van der Waals surface area contributed by atoms with Gasteiger partial charge in [0, 0.05) is 12.6 Å². The Morgan fingerprint density at radius 1 is 1.60 bits per heavy atom. The van der Waals surface area contributed by atoms with E-state index >= 15 is 0 Å². The van der Waals surface area contributed by atoms with E-state index in [1.807, 2.05) is 19.2 Å². The van der Waals surface area contributed by atoms with Crippen LogP contribution in [0.5, 0.6) is 5.75 Å². The molecular weight excluding hydrogens is 192 g/mol. The van der Waals surface area contributed by atoms with Crippen molar-refractivity contribution in [1.29, 1.82) is 0 Å². The molecule has 1 aliphatic heterocycles. The minimum Gasteiger partial charge on any atom is -0.490 e. The molecule has 2 rings (SSSR count). The maximum Gasteiger partial charge on any atom is 0.176 e. The van der Waals surface area contributed by atoms with Crippen LogP contribution in [-0.2, 0) is 0 Å². The summed E-state index contributed by atoms with van der Waals surface area (Å²) >= 11 is 0. The van der Waals surface area contributed by atoms with Crippen molar-refractivity contribution in [2.45, 2.75) is 0 Å². The van der Waals surface area contributed by atoms with Crippen LogP contribution in [0.4, 0.5) is 5.69 Å². The van der Waals surface area contributed by atoms with Crippen molar-refractivity contribution in [3.05, 3.63) is 23.8 Å². The largest absolute Gasteiger partial charge is 0.490 e. The van der Waals surface area contributed by atoms with Gasteiger partial charge in [-0.15, -0.1) is 0 Å². The van der Waals surface area contributed by atoms with Gasteiger partial charge in [-0.3, -0.25) is 4.79 Å². The Morgan fingerprint density at radius 2 is 2.40 bits per heavy atom. The van der Waals surface area contributed by atoms with Crippen molar-refractivity contribution in [3.8, 4) is 5.75 Å². The van der Waals surface area contributed by atoms with Crippen LogP contribution in [0.15, 0.2) is 18.2 Å². The molecule has 0 aromatic heterocycles. The van der Waals surface area contributed by atoms with Crippen molar-refractivity contribution in [1.82, 2.24) is 0 Å². The number of likely N-dealkylation sites (N-methyl/N-ethyl adjacent to an activating group) is 1. The zero-order chi connectivity index (χ0) is 10.8. The fourth-order valence-corrected chi connectivity index (χ4v) is 1.64. The Morgan fingerprint density at radius 3 is 3.13 bits per heavy atom. The Hall–Kier alpha value is -1.55. The van der Waals surface area contributed by atoms with E-state index in [4.69, 9.17) is 10.5 Å². The van der Waals surface area contributed by atoms with Crippen LogP contribution in [0.3, 0.4) is 0 Å². The van der Waals surface area contributed by atoms with Gasteiger partial charge in [0.25, 0.3) is 0 Å². The number of rotatable bonds is 2. The first-order chi connectivity index (χ1) is 7.22. The molecular formula is C11H14N2O2. The van der Waals surface area contributed by atoms with Gasteiger partial charge in [-0.2, -0.15) is 0 Å². The number of ether oxygens (including phenoxy) is 1. The number of nitrogens with zero attached hydrogens (tertiary/aromatic N) is 1. The maximum atomic E-state index is 11.4. The number of fused-ring (bicyclic) bond motifs is 1. The van der Waals surface area contributed by atoms with E-state index in [-0.39, 0.29) is 12.3 Å². The molecule has 0 spiro atoms. The molecule has 0 fully saturated rings. The molecule has 0 atom stereocenters. The second kappa shape index (κ2) is 3.90. The molecule has 0 saturated heterocycles. The summed E-state index contributed by atoms with van der Waals surface area (Å²) in [6, 6.07) is 5.42. The summed E-state index contributed by atoms with van der Waals surface area (Å²) in [5.74, 6) is 0.786. The van der Waals surface area contributed by atoms with Gasteiger partial charge in [0.1, 0.15) is 12.4 Å². The number of ketones is 1. The SMILES string of the molecule is CN1CCOc2ccc(C(=O)CN)cc21. The molecule has 1 aliphatic rings. The number of carbonyl (C=O) groups is 1. The van der Waals surface area contributed by atoms with Crippen LogP contribution in [0.25, 0.3) is 0 Å². The Balaban J connectivity index is 2.39. The molecule has 0 aliphatic carbocycles. The lowest BCUT2D eigenvalue weighted by Gasteiger charge is -2.27. The van der Waals surface area contributed by atoms with Crippen LogP contribution in [0.2, 0.25) is 0 Å². The highest BCUT2D eigenvalue weighted by Gasteiger charge is 2.16. The second-order valence-electron chi connectivity index (χ2n) is 3.58. The van der Waals surface area contributed by atoms with Gasteiger partial charge < -0.3 is 15.4 Å². The molecule has 4 heteroatoms. The number of hydrogen-bond acceptors (Lipinski definition) is 4. The summed E-state index contributed by atoms with van der Waals surface area (Å²) < 4.78 is 5.48. The van der Waals surface area contributed by atoms with Gasteiger partial charge in [-0.1, -0.05) is 0 Å². The molecule has 80 valence electrons. The third-order valence-corrected chi connectivity index (χ3v) is 2.56. The number of carbonyl (C=O) groups excluding carboxylic acids is 1. The minimum atomic E-state index is -0.0447. The van der Waals surface area contributed by atoms with Crippen molar-refractivity contribution in [2.75, 3.05) is 31.6 Å². The van der Waals surface area contributed by atoms with E-state index in [1.54, 1.807) is 6.07 Å². The predicted molar refractivity (Wildman–Crippen MR) is 58.6 cm³/mol. The van der Waals surface area contributed by atoms with Gasteiger partial charge in [-0.25, -0.2) is 0 Å². The zero-order valence-corrected chi connectivity index (χ0v) is 8.69. The van der Waals surface area contributed by atoms with Gasteiger partial charge >= 0.3 is 0 Å². The zero-order valence-electron chi connectivity index (χ0n) is 8.69. The highest BCUT2D eigenvalue weighted by atomic mass is 16.5. The predicted octanol–water partition coefficient (Wildman–Crippen LogP) is 0.657. The standard InChI is InChI=1S/C11H14N2O2/c1-13-4-5-15-11-3-2-8(6-9(11)13)10(14)7-12/h2-3,6H,4-5,7,12H2,1H3. The average Bonchev–Trinajstić information content (AvgIpc) is 2.28. The smallest absolute Gasteiger partial charge is 0.176 e. The average molecular weight is 206 g/mol. The number of nitrogens with two attached hydrogens (primary N) is 1. The van der Waals surface area contributed by atoms with Crippen LogP contribution >= 0.6 is 0 Å². The van der Waals surface area contributed by atoms with Crippen LogP contribution < -0.4 is 15.4 Å². The molecule has 0 saturated carbocycles. The first-order valence-electron chi connectivity index (χ1n) is 4.93. The Labute approximate surface area is 88.6 Å². The van der Waals surface area contributed by atoms with Crippen molar-refractivity contribution >= 4 is 11.5 Å². The van der Waals surface area contributed by atoms with E-state index < -0.39 is 0 Å². The molecule has 4 nitrogen and oxygen atoms in total. The number of anilines is 1. The fraction of sp³-hybridized carbons (Fsp3) is 0.364. The van der Waals surface area contributed by atoms with Crippen LogP contribution in [0, 0.1) is 0 Å². The lowest BCUT2D eigenvalue weighted by molar-refractivity contribution is 0.100. The highest BCUT2D eigenvalue weighted by molar-refractivity contribution is 5.98. The molecule has 0 unspecified atom stereocenters. The lowest BCUT2D eigenvalue weighted by atomic mass is 10.1. The molecule has 1 aromatic carbocycles. The first-order valence-corrected chi connectivity index (χ1v) is 4.93. The fourth-order valence-electron chi connectivity index (χ4n) is 1.64. The summed E-state index contributed by atoms with van der Waals surface area (Å²) in [4.78, 5) is 13.5. The normalized spacial score (nSPS) is 14.4. The summed E-state index contributed by atoms with van der Waals surface area (Å²) in [5.41, 5.74) is 6.93. The molecule has 2 N–H and O–H groups in total. The monoisotopic (exact) mass is 206 g/mol. The summed E-state index contributed by atoms with van der Waals surface area (Å²) in [7, 11) is 1.98. The molecule has 0 amide bonds. The molecule has 0 bridgehead atoms. The van der Waals surface area contributed by atoms with Crippen LogP contribution in [0.1, 0.15) is 10.4 Å². The summed E-state index contributed by atoms with van der Waals surface area (Å²) in [6.45, 7) is 1.57. The quantitative estimate of drug-likeness (QED) is 0.722. The van der Waals surface area contributed by atoms with E-state index in [1.165, 1.54) is 0 Å². The maximum absolute atomic E-state index is 11.4. The first kappa shape index (κ1) is 9.98. The van der Waals surface area contributed by atoms with Crippen molar-refractivity contribution in [2.24, 2.45) is 5.73 Å².